The number of aromatic carboxylic acids is 1. The van der Waals surface area contributed by atoms with Crippen LogP contribution in [0.15, 0.2) is 17.7 Å². The molecule has 3 rings (SSSR count). The van der Waals surface area contributed by atoms with Gasteiger partial charge in [0.25, 0.3) is 0 Å². The Labute approximate surface area is 161 Å². The van der Waals surface area contributed by atoms with E-state index in [2.05, 4.69) is 32.8 Å². The quantitative estimate of drug-likeness (QED) is 0.434. The van der Waals surface area contributed by atoms with Gasteiger partial charge in [-0.2, -0.15) is 0 Å². The van der Waals surface area contributed by atoms with E-state index in [0.29, 0.717) is 29.7 Å². The molecular weight excluding hydrogens is 340 g/mol. The molecule has 0 amide bonds. The second-order valence-electron chi connectivity index (χ2n) is 8.28. The number of allylic oxidation sites excluding steroid dienone is 2. The smallest absolute Gasteiger partial charge is 0.339 e. The Morgan fingerprint density at radius 1 is 1.41 bits per heavy atom. The number of aryl methyl sites for hydroxylation is 1. The lowest BCUT2D eigenvalue weighted by atomic mass is 9.67. The van der Waals surface area contributed by atoms with Gasteiger partial charge in [0.1, 0.15) is 22.7 Å². The van der Waals surface area contributed by atoms with Gasteiger partial charge in [-0.1, -0.05) is 11.6 Å². The average molecular weight is 368 g/mol. The van der Waals surface area contributed by atoms with Gasteiger partial charge in [0.2, 0.25) is 0 Å². The predicted molar refractivity (Wildman–Crippen MR) is 105 cm³/mol. The Balaban J connectivity index is 2.10. The van der Waals surface area contributed by atoms with Gasteiger partial charge in [-0.25, -0.2) is 4.79 Å². The number of phenols is 1. The molecule has 0 spiro atoms. The zero-order valence-electron chi connectivity index (χ0n) is 16.3. The minimum absolute atomic E-state index is 0.00754. The summed E-state index contributed by atoms with van der Waals surface area (Å²) in [5.74, 6) is 2.17. The molecule has 0 radical (unpaired) electrons. The predicted octanol–water partition coefficient (Wildman–Crippen LogP) is 5.05. The van der Waals surface area contributed by atoms with Crippen LogP contribution in [0.4, 0.5) is 0 Å². The van der Waals surface area contributed by atoms with Crippen LogP contribution in [0.5, 0.6) is 11.5 Å². The Morgan fingerprint density at radius 2 is 2.15 bits per heavy atom. The summed E-state index contributed by atoms with van der Waals surface area (Å²) in [6, 6.07) is 1.82. The van der Waals surface area contributed by atoms with Crippen molar-refractivity contribution in [3.05, 3.63) is 34.4 Å². The van der Waals surface area contributed by atoms with Crippen LogP contribution in [0.1, 0.15) is 80.3 Å². The van der Waals surface area contributed by atoms with E-state index in [1.807, 2.05) is 6.07 Å². The number of hydrogen-bond acceptors (Lipinski definition) is 3. The number of carboxylic acids is 1. The van der Waals surface area contributed by atoms with Gasteiger partial charge in [0.15, 0.2) is 0 Å². The molecule has 2 atom stereocenters. The number of carbonyl (C=O) groups is 1. The van der Waals surface area contributed by atoms with Crippen molar-refractivity contribution in [1.82, 2.24) is 0 Å². The van der Waals surface area contributed by atoms with Crippen molar-refractivity contribution in [3.63, 3.8) is 0 Å². The van der Waals surface area contributed by atoms with E-state index < -0.39 is 5.97 Å². The highest BCUT2D eigenvalue weighted by Gasteiger charge is 2.46. The SMILES string of the molecule is C#CCCCCc1cc2c(c(O)c1C(=O)O)[C@@H]1C=C(C)CC[C@H]1C(C)(C)O2. The monoisotopic (exact) mass is 368 g/mol. The van der Waals surface area contributed by atoms with Crippen LogP contribution in [-0.4, -0.2) is 21.8 Å². The van der Waals surface area contributed by atoms with Crippen molar-refractivity contribution in [2.75, 3.05) is 0 Å². The number of unbranched alkanes of at least 4 members (excludes halogenated alkanes) is 2. The standard InChI is InChI=1S/C23H28O4/c1-5-6-7-8-9-15-13-18-20(21(24)19(15)22(25)26)16-12-14(2)10-11-17(16)23(3,4)27-18/h1,12-13,16-17,24H,6-11H2,2-4H3,(H,25,26)/t16-,17-/m1/s1. The summed E-state index contributed by atoms with van der Waals surface area (Å²) >= 11 is 0. The highest BCUT2D eigenvalue weighted by molar-refractivity contribution is 5.94. The number of fused-ring (bicyclic) bond motifs is 3. The molecule has 1 aromatic rings. The first-order valence-corrected chi connectivity index (χ1v) is 9.68. The van der Waals surface area contributed by atoms with Crippen LogP contribution in [0, 0.1) is 18.3 Å². The van der Waals surface area contributed by atoms with Gasteiger partial charge in [0.05, 0.1) is 0 Å². The van der Waals surface area contributed by atoms with E-state index in [1.165, 1.54) is 5.57 Å². The highest BCUT2D eigenvalue weighted by atomic mass is 16.5. The lowest BCUT2D eigenvalue weighted by molar-refractivity contribution is 0.0106. The van der Waals surface area contributed by atoms with E-state index in [0.717, 1.165) is 25.7 Å². The molecule has 4 heteroatoms. The maximum absolute atomic E-state index is 11.9. The Kier molecular flexibility index (Phi) is 5.24. The molecule has 1 heterocycles. The Bertz CT molecular complexity index is 826. The maximum Gasteiger partial charge on any atom is 0.339 e. The van der Waals surface area contributed by atoms with Crippen molar-refractivity contribution >= 4 is 5.97 Å². The van der Waals surface area contributed by atoms with Crippen molar-refractivity contribution in [2.24, 2.45) is 5.92 Å². The van der Waals surface area contributed by atoms with Gasteiger partial charge in [-0.15, -0.1) is 12.3 Å². The number of carboxylic acid groups (broad SMARTS) is 1. The summed E-state index contributed by atoms with van der Waals surface area (Å²) in [5, 5.41) is 20.7. The third-order valence-electron chi connectivity index (χ3n) is 5.96. The van der Waals surface area contributed by atoms with Crippen LogP contribution in [0.25, 0.3) is 0 Å². The van der Waals surface area contributed by atoms with Crippen molar-refractivity contribution in [3.8, 4) is 23.8 Å². The maximum atomic E-state index is 11.9. The van der Waals surface area contributed by atoms with Gasteiger partial charge in [-0.05, 0) is 64.5 Å². The molecule has 0 fully saturated rings. The fourth-order valence-electron chi connectivity index (χ4n) is 4.59. The van der Waals surface area contributed by atoms with E-state index in [4.69, 9.17) is 11.2 Å². The first kappa shape index (κ1) is 19.4. The van der Waals surface area contributed by atoms with Gasteiger partial charge in [0, 0.05) is 23.8 Å². The zero-order chi connectivity index (χ0) is 19.8. The minimum atomic E-state index is -1.10. The van der Waals surface area contributed by atoms with Crippen LogP contribution >= 0.6 is 0 Å². The molecule has 0 saturated carbocycles. The summed E-state index contributed by atoms with van der Waals surface area (Å²) in [6.07, 6.45) is 12.3. The molecule has 0 saturated heterocycles. The molecule has 1 aliphatic carbocycles. The molecule has 4 nitrogen and oxygen atoms in total. The normalized spacial score (nSPS) is 22.7. The van der Waals surface area contributed by atoms with Crippen LogP contribution in [-0.2, 0) is 6.42 Å². The first-order chi connectivity index (χ1) is 12.8. The van der Waals surface area contributed by atoms with Gasteiger partial charge in [-0.3, -0.25) is 0 Å². The number of benzene rings is 1. The van der Waals surface area contributed by atoms with Crippen LogP contribution in [0.2, 0.25) is 0 Å². The minimum Gasteiger partial charge on any atom is -0.507 e. The Morgan fingerprint density at radius 3 is 2.81 bits per heavy atom. The molecular formula is C23H28O4. The topological polar surface area (TPSA) is 66.8 Å². The second-order valence-corrected chi connectivity index (χ2v) is 8.28. The van der Waals surface area contributed by atoms with E-state index in [1.54, 1.807) is 0 Å². The molecule has 0 bridgehead atoms. The molecule has 2 aliphatic rings. The number of ether oxygens (including phenoxy) is 1. The lowest BCUT2D eigenvalue weighted by Gasteiger charge is -2.46. The number of rotatable bonds is 5. The molecule has 2 N–H and O–H groups in total. The second kappa shape index (κ2) is 7.31. The van der Waals surface area contributed by atoms with Crippen molar-refractivity contribution < 1.29 is 19.7 Å². The molecule has 27 heavy (non-hydrogen) atoms. The molecule has 1 aliphatic heterocycles. The summed E-state index contributed by atoms with van der Waals surface area (Å²) in [7, 11) is 0. The third kappa shape index (κ3) is 3.56. The summed E-state index contributed by atoms with van der Waals surface area (Å²) in [6.45, 7) is 6.25. The number of terminal acetylenes is 1. The fraction of sp³-hybridized carbons (Fsp3) is 0.522. The van der Waals surface area contributed by atoms with Crippen LogP contribution in [0.3, 0.4) is 0 Å². The summed E-state index contributed by atoms with van der Waals surface area (Å²) in [5.41, 5.74) is 2.15. The van der Waals surface area contributed by atoms with E-state index >= 15 is 0 Å². The summed E-state index contributed by atoms with van der Waals surface area (Å²) < 4.78 is 6.29. The van der Waals surface area contributed by atoms with Gasteiger partial charge < -0.3 is 14.9 Å². The third-order valence-corrected chi connectivity index (χ3v) is 5.96. The lowest BCUT2D eigenvalue weighted by Crippen LogP contribution is -2.45. The van der Waals surface area contributed by atoms with Crippen LogP contribution < -0.4 is 4.74 Å². The van der Waals surface area contributed by atoms with E-state index in [-0.39, 0.29) is 28.7 Å². The van der Waals surface area contributed by atoms with Crippen molar-refractivity contribution in [1.29, 1.82) is 0 Å². The molecule has 0 aromatic heterocycles. The average Bonchev–Trinajstić information content (AvgIpc) is 2.57. The molecule has 0 unspecified atom stereocenters. The summed E-state index contributed by atoms with van der Waals surface area (Å²) in [4.78, 5) is 11.9. The number of aromatic hydroxyl groups is 1. The molecule has 1 aromatic carbocycles. The van der Waals surface area contributed by atoms with Gasteiger partial charge >= 0.3 is 5.97 Å². The Hall–Kier alpha value is -2.41. The first-order valence-electron chi connectivity index (χ1n) is 9.68. The highest BCUT2D eigenvalue weighted by Crippen LogP contribution is 2.54. The van der Waals surface area contributed by atoms with Crippen molar-refractivity contribution in [2.45, 2.75) is 70.8 Å². The van der Waals surface area contributed by atoms with E-state index in [9.17, 15) is 15.0 Å². The molecule has 144 valence electrons. The number of hydrogen-bond donors (Lipinski definition) is 2. The largest absolute Gasteiger partial charge is 0.507 e. The zero-order valence-corrected chi connectivity index (χ0v) is 16.3. The fourth-order valence-corrected chi connectivity index (χ4v) is 4.59.